The third-order valence-electron chi connectivity index (χ3n) is 3.20. The normalized spacial score (nSPS) is 21.6. The van der Waals surface area contributed by atoms with E-state index in [1.54, 1.807) is 29.0 Å². The highest BCUT2D eigenvalue weighted by Gasteiger charge is 2.30. The molecule has 1 saturated heterocycles. The minimum atomic E-state index is -0.438. The molecule has 0 radical (unpaired) electrons. The quantitative estimate of drug-likeness (QED) is 0.865. The van der Waals surface area contributed by atoms with Gasteiger partial charge in [0.15, 0.2) is 5.65 Å². The van der Waals surface area contributed by atoms with Gasteiger partial charge in [0.1, 0.15) is 11.9 Å². The molecule has 1 aliphatic rings. The summed E-state index contributed by atoms with van der Waals surface area (Å²) in [6.45, 7) is 0.447. The number of anilines is 1. The number of hydrogen-bond acceptors (Lipinski definition) is 5. The summed E-state index contributed by atoms with van der Waals surface area (Å²) >= 11 is 0. The highest BCUT2D eigenvalue weighted by atomic mass is 35.5. The van der Waals surface area contributed by atoms with E-state index in [1.807, 2.05) is 0 Å². The maximum atomic E-state index is 12.1. The second-order valence-corrected chi connectivity index (χ2v) is 4.48. The van der Waals surface area contributed by atoms with Gasteiger partial charge in [0, 0.05) is 18.8 Å². The first-order valence-electron chi connectivity index (χ1n) is 6.23. The van der Waals surface area contributed by atoms with Gasteiger partial charge in [-0.15, -0.1) is 12.4 Å². The number of nitrogens with zero attached hydrogens (tertiary/aromatic N) is 3. The molecule has 1 aliphatic heterocycles. The number of hydrogen-bond donors (Lipinski definition) is 2. The number of carbonyl (C=O) groups excluding carboxylic acids is 1. The predicted octanol–water partition coefficient (Wildman–Crippen LogP) is 0.596. The maximum Gasteiger partial charge on any atom is 0.254 e. The Morgan fingerprint density at radius 3 is 3.05 bits per heavy atom. The SMILES string of the molecule is Cl.NC[C@H]1CC[C@@H](C(=O)Nc2ccnc3ccnn23)O1. The lowest BCUT2D eigenvalue weighted by Gasteiger charge is -2.13. The van der Waals surface area contributed by atoms with E-state index >= 15 is 0 Å². The Hall–Kier alpha value is -1.70. The summed E-state index contributed by atoms with van der Waals surface area (Å²) in [6, 6.07) is 3.47. The van der Waals surface area contributed by atoms with Crippen LogP contribution in [0.4, 0.5) is 5.82 Å². The average molecular weight is 298 g/mol. The van der Waals surface area contributed by atoms with Gasteiger partial charge in [0.05, 0.1) is 12.3 Å². The standard InChI is InChI=1S/C12H15N5O2.ClH/c13-7-8-1-2-9(19-8)12(18)16-11-3-5-14-10-4-6-15-17(10)11;/h3-6,8-9H,1-2,7,13H2,(H,16,18);1H/t8-,9+;/m1./s1. The first-order valence-corrected chi connectivity index (χ1v) is 6.23. The van der Waals surface area contributed by atoms with Gasteiger partial charge in [0.25, 0.3) is 5.91 Å². The smallest absolute Gasteiger partial charge is 0.254 e. The van der Waals surface area contributed by atoms with Crippen LogP contribution in [0.3, 0.4) is 0 Å². The van der Waals surface area contributed by atoms with Crippen molar-refractivity contribution in [3.8, 4) is 0 Å². The molecular weight excluding hydrogens is 282 g/mol. The van der Waals surface area contributed by atoms with Crippen molar-refractivity contribution >= 4 is 29.8 Å². The molecule has 0 unspecified atom stereocenters. The Balaban J connectivity index is 0.00000147. The van der Waals surface area contributed by atoms with Crippen molar-refractivity contribution < 1.29 is 9.53 Å². The van der Waals surface area contributed by atoms with Gasteiger partial charge >= 0.3 is 0 Å². The molecule has 2 aromatic heterocycles. The molecule has 108 valence electrons. The van der Waals surface area contributed by atoms with E-state index < -0.39 is 6.10 Å². The first-order chi connectivity index (χ1) is 9.28. The Kier molecular flexibility index (Phi) is 4.53. The second-order valence-electron chi connectivity index (χ2n) is 4.48. The zero-order valence-electron chi connectivity index (χ0n) is 10.7. The lowest BCUT2D eigenvalue weighted by atomic mass is 10.2. The first kappa shape index (κ1) is 14.7. The Morgan fingerprint density at radius 1 is 1.45 bits per heavy atom. The molecule has 20 heavy (non-hydrogen) atoms. The molecule has 0 aromatic carbocycles. The van der Waals surface area contributed by atoms with Crippen molar-refractivity contribution in [1.82, 2.24) is 14.6 Å². The van der Waals surface area contributed by atoms with Crippen LogP contribution < -0.4 is 11.1 Å². The van der Waals surface area contributed by atoms with Crippen LogP contribution in [0.1, 0.15) is 12.8 Å². The van der Waals surface area contributed by atoms with Crippen molar-refractivity contribution in [1.29, 1.82) is 0 Å². The summed E-state index contributed by atoms with van der Waals surface area (Å²) < 4.78 is 7.13. The number of rotatable bonds is 3. The molecule has 3 heterocycles. The molecule has 1 amide bonds. The molecule has 3 rings (SSSR count). The van der Waals surface area contributed by atoms with Gasteiger partial charge in [-0.25, -0.2) is 4.98 Å². The topological polar surface area (TPSA) is 94.5 Å². The monoisotopic (exact) mass is 297 g/mol. The largest absolute Gasteiger partial charge is 0.364 e. The predicted molar refractivity (Wildman–Crippen MR) is 75.8 cm³/mol. The molecular formula is C12H16ClN5O2. The van der Waals surface area contributed by atoms with Crippen molar-refractivity contribution in [2.24, 2.45) is 5.73 Å². The molecule has 7 nitrogen and oxygen atoms in total. The van der Waals surface area contributed by atoms with Crippen LogP contribution in [0.5, 0.6) is 0 Å². The highest BCUT2D eigenvalue weighted by Crippen LogP contribution is 2.20. The third-order valence-corrected chi connectivity index (χ3v) is 3.20. The van der Waals surface area contributed by atoms with E-state index in [2.05, 4.69) is 15.4 Å². The molecule has 0 spiro atoms. The number of amides is 1. The van der Waals surface area contributed by atoms with E-state index in [4.69, 9.17) is 10.5 Å². The molecule has 2 atom stereocenters. The van der Waals surface area contributed by atoms with E-state index in [0.717, 1.165) is 6.42 Å². The number of fused-ring (bicyclic) bond motifs is 1. The minimum Gasteiger partial charge on any atom is -0.364 e. The minimum absolute atomic E-state index is 0. The van der Waals surface area contributed by atoms with E-state index in [1.165, 1.54) is 0 Å². The summed E-state index contributed by atoms with van der Waals surface area (Å²) in [5.41, 5.74) is 6.22. The summed E-state index contributed by atoms with van der Waals surface area (Å²) in [5.74, 6) is 0.416. The van der Waals surface area contributed by atoms with Gasteiger partial charge in [-0.3, -0.25) is 4.79 Å². The summed E-state index contributed by atoms with van der Waals surface area (Å²) in [5, 5.41) is 6.92. The van der Waals surface area contributed by atoms with Crippen LogP contribution in [0.2, 0.25) is 0 Å². The Morgan fingerprint density at radius 2 is 2.30 bits per heavy atom. The van der Waals surface area contributed by atoms with Gasteiger partial charge in [-0.1, -0.05) is 0 Å². The van der Waals surface area contributed by atoms with Crippen molar-refractivity contribution in [2.75, 3.05) is 11.9 Å². The third kappa shape index (κ3) is 2.74. The van der Waals surface area contributed by atoms with Gasteiger partial charge in [-0.2, -0.15) is 9.61 Å². The second kappa shape index (κ2) is 6.17. The number of ether oxygens (including phenoxy) is 1. The van der Waals surface area contributed by atoms with Crippen LogP contribution >= 0.6 is 12.4 Å². The number of nitrogens with two attached hydrogens (primary N) is 1. The lowest BCUT2D eigenvalue weighted by molar-refractivity contribution is -0.126. The van der Waals surface area contributed by atoms with Crippen molar-refractivity contribution in [3.63, 3.8) is 0 Å². The van der Waals surface area contributed by atoms with Crippen molar-refractivity contribution in [2.45, 2.75) is 25.0 Å². The Labute approximate surface area is 121 Å². The fraction of sp³-hybridized carbons (Fsp3) is 0.417. The fourth-order valence-electron chi connectivity index (χ4n) is 2.21. The molecule has 2 aromatic rings. The van der Waals surface area contributed by atoms with Crippen LogP contribution in [0.15, 0.2) is 24.5 Å². The molecule has 8 heteroatoms. The van der Waals surface area contributed by atoms with Crippen LogP contribution in [0, 0.1) is 0 Å². The van der Waals surface area contributed by atoms with Gasteiger partial charge in [0.2, 0.25) is 0 Å². The maximum absolute atomic E-state index is 12.1. The molecule has 1 fully saturated rings. The highest BCUT2D eigenvalue weighted by molar-refractivity contribution is 5.93. The van der Waals surface area contributed by atoms with Crippen LogP contribution in [0.25, 0.3) is 5.65 Å². The molecule has 0 bridgehead atoms. The van der Waals surface area contributed by atoms with Crippen LogP contribution in [-0.4, -0.2) is 39.3 Å². The number of carbonyl (C=O) groups is 1. The number of nitrogens with one attached hydrogen (secondary N) is 1. The summed E-state index contributed by atoms with van der Waals surface area (Å²) in [6.07, 6.45) is 4.33. The van der Waals surface area contributed by atoms with E-state index in [-0.39, 0.29) is 24.4 Å². The number of aromatic nitrogens is 3. The zero-order chi connectivity index (χ0) is 13.2. The van der Waals surface area contributed by atoms with Crippen LogP contribution in [-0.2, 0) is 9.53 Å². The van der Waals surface area contributed by atoms with E-state index in [0.29, 0.717) is 24.4 Å². The summed E-state index contributed by atoms with van der Waals surface area (Å²) in [7, 11) is 0. The number of halogens is 1. The molecule has 3 N–H and O–H groups in total. The van der Waals surface area contributed by atoms with E-state index in [9.17, 15) is 4.79 Å². The molecule has 0 aliphatic carbocycles. The van der Waals surface area contributed by atoms with Crippen molar-refractivity contribution in [3.05, 3.63) is 24.5 Å². The summed E-state index contributed by atoms with van der Waals surface area (Å²) in [4.78, 5) is 16.2. The van der Waals surface area contributed by atoms with Gasteiger partial charge < -0.3 is 15.8 Å². The average Bonchev–Trinajstić information content (AvgIpc) is 3.08. The lowest BCUT2D eigenvalue weighted by Crippen LogP contribution is -2.30. The molecule has 0 saturated carbocycles. The van der Waals surface area contributed by atoms with Gasteiger partial charge in [-0.05, 0) is 18.9 Å². The Bertz CT molecular complexity index is 602. The zero-order valence-corrected chi connectivity index (χ0v) is 11.5. The fourth-order valence-corrected chi connectivity index (χ4v) is 2.21.